The molecule has 0 aliphatic carbocycles. The Balaban J connectivity index is 0.000000125. The van der Waals surface area contributed by atoms with E-state index in [1.165, 1.54) is 6.33 Å². The Labute approximate surface area is 279 Å². The Morgan fingerprint density at radius 2 is 0.938 bits per heavy atom. The summed E-state index contributed by atoms with van der Waals surface area (Å²) in [5.74, 6) is 5.80. The zero-order valence-electron chi connectivity index (χ0n) is 28.8. The number of hydrogen-bond acceptors (Lipinski definition) is 8. The van der Waals surface area contributed by atoms with Crippen molar-refractivity contribution in [2.45, 2.75) is 79.1 Å². The molecule has 0 amide bonds. The molecule has 1 aromatic carbocycles. The fourth-order valence-electron chi connectivity index (χ4n) is 4.59. The zero-order chi connectivity index (χ0) is 34.2. The molecule has 4 N–H and O–H groups in total. The van der Waals surface area contributed by atoms with E-state index in [9.17, 15) is 0 Å². The van der Waals surface area contributed by atoms with Gasteiger partial charge in [-0.3, -0.25) is 4.98 Å². The van der Waals surface area contributed by atoms with Crippen LogP contribution in [-0.2, 0) is 0 Å². The highest BCUT2D eigenvalue weighted by atomic mass is 15.0. The van der Waals surface area contributed by atoms with Crippen molar-refractivity contribution < 1.29 is 0 Å². The number of aromatic nitrogens is 12. The van der Waals surface area contributed by atoms with E-state index in [1.54, 1.807) is 24.8 Å². The van der Waals surface area contributed by atoms with Gasteiger partial charge < -0.3 is 19.9 Å². The van der Waals surface area contributed by atoms with Crippen molar-refractivity contribution in [1.29, 1.82) is 0 Å². The van der Waals surface area contributed by atoms with Gasteiger partial charge in [-0.25, -0.2) is 34.9 Å². The van der Waals surface area contributed by atoms with Crippen molar-refractivity contribution in [2.24, 2.45) is 0 Å². The molecule has 7 aromatic heterocycles. The number of hydrogen-bond donors (Lipinski definition) is 4. The number of nitrogens with one attached hydrogen (secondary N) is 4. The van der Waals surface area contributed by atoms with Crippen molar-refractivity contribution in [1.82, 2.24) is 59.8 Å². The average molecular weight is 645 g/mol. The predicted molar refractivity (Wildman–Crippen MR) is 192 cm³/mol. The summed E-state index contributed by atoms with van der Waals surface area (Å²) in [7, 11) is 0. The molecule has 0 aliphatic heterocycles. The first-order chi connectivity index (χ1) is 23.1. The number of aromatic amines is 4. The molecule has 0 fully saturated rings. The van der Waals surface area contributed by atoms with Crippen LogP contribution in [0.2, 0.25) is 0 Å². The van der Waals surface area contributed by atoms with E-state index in [2.05, 4.69) is 115 Å². The Morgan fingerprint density at radius 3 is 1.52 bits per heavy atom. The van der Waals surface area contributed by atoms with Crippen LogP contribution in [0.5, 0.6) is 0 Å². The molecule has 0 saturated heterocycles. The highest BCUT2D eigenvalue weighted by Crippen LogP contribution is 2.17. The summed E-state index contributed by atoms with van der Waals surface area (Å²) in [4.78, 5) is 46.5. The molecule has 0 saturated carbocycles. The van der Waals surface area contributed by atoms with Crippen LogP contribution in [-0.4, -0.2) is 59.8 Å². The minimum Gasteiger partial charge on any atom is -0.342 e. The van der Waals surface area contributed by atoms with E-state index in [4.69, 9.17) is 0 Å². The van der Waals surface area contributed by atoms with Gasteiger partial charge >= 0.3 is 0 Å². The fourth-order valence-corrected chi connectivity index (χ4v) is 4.59. The Kier molecular flexibility index (Phi) is 10.8. The largest absolute Gasteiger partial charge is 0.342 e. The quantitative estimate of drug-likeness (QED) is 0.148. The van der Waals surface area contributed by atoms with Gasteiger partial charge in [-0.2, -0.15) is 0 Å². The summed E-state index contributed by atoms with van der Waals surface area (Å²) in [5, 5.41) is 0. The maximum absolute atomic E-state index is 4.46. The number of para-hydroxylation sites is 2. The van der Waals surface area contributed by atoms with Crippen LogP contribution in [0.25, 0.3) is 44.4 Å². The molecule has 248 valence electrons. The molecule has 0 atom stereocenters. The molecule has 48 heavy (non-hydrogen) atoms. The van der Waals surface area contributed by atoms with Crippen LogP contribution in [0.3, 0.4) is 0 Å². The second kappa shape index (κ2) is 15.4. The number of nitrogens with zero attached hydrogens (tertiary/aromatic N) is 8. The maximum Gasteiger partial charge on any atom is 0.180 e. The third-order valence-corrected chi connectivity index (χ3v) is 7.35. The topological polar surface area (TPSA) is 166 Å². The molecule has 8 aromatic rings. The summed E-state index contributed by atoms with van der Waals surface area (Å²) in [5.41, 5.74) is 7.66. The SMILES string of the molecule is CC(C)c1nc2ccccc2[nH]1.CC(C)c1nc2ccncc2[nH]1.CC(C)c1nc2ncccc2[nH]1.CC(C)c1nc2ncncc2[nH]1. The third kappa shape index (κ3) is 8.44. The number of fused-ring (bicyclic) bond motifs is 4. The zero-order valence-corrected chi connectivity index (χ0v) is 28.8. The summed E-state index contributed by atoms with van der Waals surface area (Å²) in [6.07, 6.45) is 8.56. The summed E-state index contributed by atoms with van der Waals surface area (Å²) in [6.45, 7) is 16.9. The van der Waals surface area contributed by atoms with E-state index in [1.807, 2.05) is 42.5 Å². The number of benzene rings is 1. The highest BCUT2D eigenvalue weighted by Gasteiger charge is 2.08. The van der Waals surface area contributed by atoms with Gasteiger partial charge in [0, 0.05) is 36.1 Å². The van der Waals surface area contributed by atoms with Crippen molar-refractivity contribution in [3.8, 4) is 0 Å². The van der Waals surface area contributed by atoms with Crippen molar-refractivity contribution in [2.75, 3.05) is 0 Å². The lowest BCUT2D eigenvalue weighted by Gasteiger charge is -1.95. The first kappa shape index (κ1) is 33.8. The Morgan fingerprint density at radius 1 is 0.438 bits per heavy atom. The van der Waals surface area contributed by atoms with E-state index in [0.717, 1.165) is 67.7 Å². The lowest BCUT2D eigenvalue weighted by Crippen LogP contribution is -1.88. The van der Waals surface area contributed by atoms with E-state index in [-0.39, 0.29) is 0 Å². The van der Waals surface area contributed by atoms with Gasteiger partial charge in [-0.05, 0) is 30.3 Å². The molecule has 0 aliphatic rings. The number of H-pyrrole nitrogens is 4. The average Bonchev–Trinajstić information content (AvgIpc) is 3.89. The molecule has 8 rings (SSSR count). The first-order valence-corrected chi connectivity index (χ1v) is 16.3. The number of pyridine rings is 2. The summed E-state index contributed by atoms with van der Waals surface area (Å²) in [6, 6.07) is 13.9. The van der Waals surface area contributed by atoms with Gasteiger partial charge in [-0.15, -0.1) is 0 Å². The standard InChI is InChI=1S/C10H12N2.2C9H11N3.C8H10N4/c1-7(2)10-11-8-5-3-4-6-9(8)12-10;1-6(2)9-11-7-3-4-10-5-8(7)12-9;1-6(2)8-11-7-4-3-5-10-9(7)12-8;1-5(2)7-11-6-3-9-4-10-8(6)12-7/h3-7H,1-2H3,(H,11,12);3-6H,1-2H3,(H,11,12);3-6H,1-2H3,(H,10,11,12);3-5H,1-2H3,(H,9,10,11,12). The first-order valence-electron chi connectivity index (χ1n) is 16.3. The van der Waals surface area contributed by atoms with Crippen LogP contribution < -0.4 is 0 Å². The maximum atomic E-state index is 4.46. The van der Waals surface area contributed by atoms with E-state index >= 15 is 0 Å². The fraction of sp³-hybridized carbons (Fsp3) is 0.333. The molecule has 0 bridgehead atoms. The Bertz CT molecular complexity index is 1740. The normalized spacial score (nSPS) is 11.2. The van der Waals surface area contributed by atoms with Gasteiger partial charge in [0.1, 0.15) is 35.1 Å². The smallest absolute Gasteiger partial charge is 0.180 e. The predicted octanol–water partition coefficient (Wildman–Crippen LogP) is 8.33. The van der Waals surface area contributed by atoms with E-state index < -0.39 is 0 Å². The molecule has 0 spiro atoms. The van der Waals surface area contributed by atoms with Crippen molar-refractivity contribution >= 4 is 44.4 Å². The summed E-state index contributed by atoms with van der Waals surface area (Å²) >= 11 is 0. The minimum absolute atomic E-state index is 0.402. The molecule has 7 heterocycles. The van der Waals surface area contributed by atoms with Crippen molar-refractivity contribution in [3.05, 3.63) is 96.9 Å². The van der Waals surface area contributed by atoms with Gasteiger partial charge in [0.25, 0.3) is 0 Å². The van der Waals surface area contributed by atoms with Gasteiger partial charge in [0.05, 0.1) is 40.0 Å². The van der Waals surface area contributed by atoms with Gasteiger partial charge in [0.2, 0.25) is 0 Å². The molecular formula is C36H44N12. The van der Waals surface area contributed by atoms with Crippen LogP contribution >= 0.6 is 0 Å². The van der Waals surface area contributed by atoms with Gasteiger partial charge in [0.15, 0.2) is 11.3 Å². The monoisotopic (exact) mass is 644 g/mol. The lowest BCUT2D eigenvalue weighted by molar-refractivity contribution is 0.798. The number of rotatable bonds is 4. The molecule has 0 unspecified atom stereocenters. The summed E-state index contributed by atoms with van der Waals surface area (Å²) < 4.78 is 0. The van der Waals surface area contributed by atoms with E-state index in [0.29, 0.717) is 23.7 Å². The highest BCUT2D eigenvalue weighted by molar-refractivity contribution is 5.75. The lowest BCUT2D eigenvalue weighted by atomic mass is 10.2. The van der Waals surface area contributed by atoms with Gasteiger partial charge in [-0.1, -0.05) is 67.5 Å². The number of imidazole rings is 4. The van der Waals surface area contributed by atoms with Crippen LogP contribution in [0.4, 0.5) is 0 Å². The van der Waals surface area contributed by atoms with Crippen LogP contribution in [0.1, 0.15) is 102 Å². The minimum atomic E-state index is 0.402. The second-order valence-electron chi connectivity index (χ2n) is 12.7. The molecular weight excluding hydrogens is 600 g/mol. The second-order valence-corrected chi connectivity index (χ2v) is 12.7. The third-order valence-electron chi connectivity index (χ3n) is 7.35. The molecule has 0 radical (unpaired) electrons. The van der Waals surface area contributed by atoms with Crippen LogP contribution in [0, 0.1) is 0 Å². The van der Waals surface area contributed by atoms with Crippen LogP contribution in [0.15, 0.2) is 73.6 Å². The molecule has 12 heteroatoms. The molecule has 12 nitrogen and oxygen atoms in total. The van der Waals surface area contributed by atoms with Crippen molar-refractivity contribution in [3.63, 3.8) is 0 Å². The Hall–Kier alpha value is -5.52.